The molecule has 0 unspecified atom stereocenters. The fraction of sp³-hybridized carbons (Fsp3) is 0.769. The molecule has 2 spiro atoms. The van der Waals surface area contributed by atoms with Crippen molar-refractivity contribution in [2.75, 3.05) is 18.5 Å². The summed E-state index contributed by atoms with van der Waals surface area (Å²) in [6.45, 7) is 11.5. The van der Waals surface area contributed by atoms with Crippen molar-refractivity contribution >= 4 is 22.3 Å². The highest BCUT2D eigenvalue weighted by Crippen LogP contribution is 2.76. The molecule has 0 aromatic carbocycles. The van der Waals surface area contributed by atoms with Crippen LogP contribution in [0.25, 0.3) is 0 Å². The van der Waals surface area contributed by atoms with E-state index in [2.05, 4.69) is 32.7 Å². The molecule has 8 heteroatoms. The zero-order chi connectivity index (χ0) is 24.3. The van der Waals surface area contributed by atoms with Gasteiger partial charge in [0.15, 0.2) is 10.9 Å². The maximum atomic E-state index is 13.8. The first kappa shape index (κ1) is 23.1. The Hall–Kier alpha value is -1.32. The summed E-state index contributed by atoms with van der Waals surface area (Å²) in [6, 6.07) is 0. The fourth-order valence-corrected chi connectivity index (χ4v) is 10.00. The van der Waals surface area contributed by atoms with Crippen LogP contribution in [0, 0.1) is 28.6 Å². The van der Waals surface area contributed by atoms with Gasteiger partial charge in [-0.3, -0.25) is 4.79 Å². The van der Waals surface area contributed by atoms with Crippen LogP contribution < -0.4 is 5.32 Å². The van der Waals surface area contributed by atoms with E-state index < -0.39 is 34.7 Å². The van der Waals surface area contributed by atoms with Crippen LogP contribution >= 0.6 is 11.3 Å². The monoisotopic (exact) mass is 488 g/mol. The molecule has 4 bridgehead atoms. The molecule has 3 heterocycles. The van der Waals surface area contributed by atoms with Gasteiger partial charge in [-0.25, -0.2) is 4.98 Å². The molecule has 9 atom stereocenters. The predicted octanol–water partition coefficient (Wildman–Crippen LogP) is 2.79. The number of Topliss-reactive ketones (excluding diaryl/α,β-unsaturated/α-hetero) is 1. The zero-order valence-electron chi connectivity index (χ0n) is 20.3. The quantitative estimate of drug-likeness (QED) is 0.372. The van der Waals surface area contributed by atoms with Gasteiger partial charge in [0.05, 0.1) is 18.4 Å². The molecule has 0 radical (unpaired) electrons. The maximum Gasteiger partial charge on any atom is 0.208 e. The number of unbranched alkanes of at least 4 members (excludes halogenated alkanes) is 1. The van der Waals surface area contributed by atoms with Gasteiger partial charge in [-0.05, 0) is 49.0 Å². The van der Waals surface area contributed by atoms with Crippen molar-refractivity contribution in [3.63, 3.8) is 0 Å². The number of anilines is 1. The van der Waals surface area contributed by atoms with Crippen LogP contribution in [-0.4, -0.2) is 57.2 Å². The summed E-state index contributed by atoms with van der Waals surface area (Å²) in [6.07, 6.45) is 2.59. The van der Waals surface area contributed by atoms with Crippen LogP contribution in [0.5, 0.6) is 0 Å². The summed E-state index contributed by atoms with van der Waals surface area (Å²) < 4.78 is 6.15. The second kappa shape index (κ2) is 7.13. The van der Waals surface area contributed by atoms with E-state index >= 15 is 0 Å². The van der Waals surface area contributed by atoms with Crippen LogP contribution in [0.15, 0.2) is 12.2 Å². The number of ether oxygens (including phenoxy) is 1. The molecule has 6 aliphatic rings. The Morgan fingerprint density at radius 3 is 2.74 bits per heavy atom. The standard InChI is InChI=1S/C26H36N2O5S/c1-5-7-10-27-22-28-18-15(34-22)11-23(4,6-2)17-21(31)26(32)25-16(24(17,18)12-33-26)9-8-14(20(25)30)13(3)19(25)29/h14,16-17,20-21,30-32H,3,5-12H2,1-2,4H3,(H,27,28)/t14-,16-,17+,20+,21-,23+,24-,25-,26-/m0/s1. The number of ketones is 1. The number of carbonyl (C=O) groups excluding carboxylic acids is 1. The first-order valence-electron chi connectivity index (χ1n) is 12.8. The first-order chi connectivity index (χ1) is 16.1. The second-order valence-corrected chi connectivity index (χ2v) is 12.7. The Kier molecular flexibility index (Phi) is 4.84. The van der Waals surface area contributed by atoms with Gasteiger partial charge >= 0.3 is 0 Å². The van der Waals surface area contributed by atoms with E-state index in [1.165, 1.54) is 4.88 Å². The van der Waals surface area contributed by atoms with Crippen molar-refractivity contribution in [1.29, 1.82) is 0 Å². The Balaban J connectivity index is 1.59. The molecule has 34 heavy (non-hydrogen) atoms. The lowest BCUT2D eigenvalue weighted by molar-refractivity contribution is -0.430. The Morgan fingerprint density at radius 1 is 1.26 bits per heavy atom. The highest BCUT2D eigenvalue weighted by Gasteiger charge is 2.86. The van der Waals surface area contributed by atoms with Gasteiger partial charge in [0, 0.05) is 28.7 Å². The molecule has 1 aromatic rings. The van der Waals surface area contributed by atoms with Gasteiger partial charge in [-0.15, -0.1) is 11.3 Å². The van der Waals surface area contributed by atoms with Crippen LogP contribution in [-0.2, 0) is 21.4 Å². The number of carbonyl (C=O) groups is 1. The minimum atomic E-state index is -2.13. The number of aliphatic hydroxyl groups is 3. The topological polar surface area (TPSA) is 112 Å². The first-order valence-corrected chi connectivity index (χ1v) is 13.6. The smallest absolute Gasteiger partial charge is 0.208 e. The van der Waals surface area contributed by atoms with E-state index in [1.807, 2.05) is 0 Å². The molecule has 2 saturated heterocycles. The van der Waals surface area contributed by atoms with Crippen LogP contribution in [0.1, 0.15) is 63.4 Å². The van der Waals surface area contributed by atoms with Gasteiger partial charge in [0.25, 0.3) is 0 Å². The van der Waals surface area contributed by atoms with E-state index in [-0.39, 0.29) is 29.6 Å². The SMILES string of the molecule is C=C1C(=O)[C@]23[C@H](O)[C@H]1CC[C@H]2[C@@]12CO[C@@]3(O)[C@@H](O)[C@@H]1[C@](C)(CC)Cc1sc(NCCCC)nc12. The molecule has 1 aromatic heterocycles. The average molecular weight is 489 g/mol. The van der Waals surface area contributed by atoms with E-state index in [1.54, 1.807) is 11.3 Å². The highest BCUT2D eigenvalue weighted by molar-refractivity contribution is 7.15. The van der Waals surface area contributed by atoms with Crippen molar-refractivity contribution in [2.24, 2.45) is 28.6 Å². The molecule has 4 aliphatic carbocycles. The number of hydrogen-bond donors (Lipinski definition) is 4. The summed E-state index contributed by atoms with van der Waals surface area (Å²) in [5.41, 5.74) is -1.42. The van der Waals surface area contributed by atoms with Gasteiger partial charge < -0.3 is 25.4 Å². The predicted molar refractivity (Wildman–Crippen MR) is 128 cm³/mol. The average Bonchev–Trinajstić information content (AvgIpc) is 3.25. The Labute approximate surface area is 204 Å². The number of rotatable bonds is 5. The van der Waals surface area contributed by atoms with Gasteiger partial charge in [0.2, 0.25) is 5.79 Å². The largest absolute Gasteiger partial charge is 0.391 e. The van der Waals surface area contributed by atoms with Crippen molar-refractivity contribution < 1.29 is 24.9 Å². The fourth-order valence-electron chi connectivity index (χ4n) is 8.72. The summed E-state index contributed by atoms with van der Waals surface area (Å²) >= 11 is 1.66. The molecule has 186 valence electrons. The summed E-state index contributed by atoms with van der Waals surface area (Å²) in [7, 11) is 0. The van der Waals surface area contributed by atoms with Crippen LogP contribution in [0.2, 0.25) is 0 Å². The molecule has 2 aliphatic heterocycles. The van der Waals surface area contributed by atoms with Crippen molar-refractivity contribution in [3.05, 3.63) is 22.7 Å². The van der Waals surface area contributed by atoms with E-state index in [0.29, 0.717) is 18.4 Å². The minimum Gasteiger partial charge on any atom is -0.391 e. The third-order valence-electron chi connectivity index (χ3n) is 10.4. The maximum absolute atomic E-state index is 13.8. The Morgan fingerprint density at radius 2 is 2.03 bits per heavy atom. The number of nitrogens with zero attached hydrogens (tertiary/aromatic N) is 1. The summed E-state index contributed by atoms with van der Waals surface area (Å²) in [5, 5.41) is 39.8. The van der Waals surface area contributed by atoms with E-state index in [0.717, 1.165) is 43.1 Å². The molecular formula is C26H36N2O5S. The molecular weight excluding hydrogens is 452 g/mol. The zero-order valence-corrected chi connectivity index (χ0v) is 21.1. The third kappa shape index (κ3) is 2.29. The second-order valence-electron chi connectivity index (χ2n) is 11.6. The normalized spacial score (nSPS) is 48.5. The number of aromatic nitrogens is 1. The van der Waals surface area contributed by atoms with Gasteiger partial charge in [-0.1, -0.05) is 33.8 Å². The summed E-state index contributed by atoms with van der Waals surface area (Å²) in [5.74, 6) is -3.58. The number of thiazole rings is 1. The van der Waals surface area contributed by atoms with E-state index in [4.69, 9.17) is 9.72 Å². The van der Waals surface area contributed by atoms with Crippen LogP contribution in [0.4, 0.5) is 5.13 Å². The van der Waals surface area contributed by atoms with Gasteiger partial charge in [-0.2, -0.15) is 0 Å². The third-order valence-corrected chi connectivity index (χ3v) is 11.4. The molecule has 3 saturated carbocycles. The molecule has 0 amide bonds. The number of nitrogens with one attached hydrogen (secondary N) is 1. The minimum absolute atomic E-state index is 0.190. The molecule has 7 rings (SSSR count). The lowest BCUT2D eigenvalue weighted by Gasteiger charge is -2.73. The Bertz CT molecular complexity index is 1070. The highest BCUT2D eigenvalue weighted by atomic mass is 32.1. The lowest BCUT2D eigenvalue weighted by atomic mass is 9.36. The summed E-state index contributed by atoms with van der Waals surface area (Å²) in [4.78, 5) is 20.1. The number of fused-ring (bicyclic) bond motifs is 3. The van der Waals surface area contributed by atoms with Crippen molar-refractivity contribution in [3.8, 4) is 0 Å². The van der Waals surface area contributed by atoms with Crippen molar-refractivity contribution in [2.45, 2.75) is 82.7 Å². The molecule has 7 nitrogen and oxygen atoms in total. The number of aliphatic hydroxyl groups excluding tert-OH is 2. The number of hydrogen-bond acceptors (Lipinski definition) is 8. The molecule has 4 N–H and O–H groups in total. The van der Waals surface area contributed by atoms with Crippen molar-refractivity contribution in [1.82, 2.24) is 4.98 Å². The van der Waals surface area contributed by atoms with E-state index in [9.17, 15) is 20.1 Å². The van der Waals surface area contributed by atoms with Crippen LogP contribution in [0.3, 0.4) is 0 Å². The lowest BCUT2D eigenvalue weighted by Crippen LogP contribution is -2.85. The van der Waals surface area contributed by atoms with Gasteiger partial charge in [0.1, 0.15) is 11.5 Å². The molecule has 5 fully saturated rings.